The number of ether oxygens (including phenoxy) is 1. The highest BCUT2D eigenvalue weighted by Crippen LogP contribution is 2.00. The Morgan fingerprint density at radius 1 is 1.23 bits per heavy atom. The predicted octanol–water partition coefficient (Wildman–Crippen LogP) is 0.728. The molecule has 1 heterocycles. The Morgan fingerprint density at radius 3 is 2.64 bits per heavy atom. The van der Waals surface area contributed by atoms with Crippen LogP contribution in [0, 0.1) is 0 Å². The highest BCUT2D eigenvalue weighted by Gasteiger charge is 2.09. The molecule has 0 bridgehead atoms. The first-order chi connectivity index (χ1) is 10.6. The number of aliphatic carboxylic acids is 1. The number of carbonyl (C=O) groups is 1. The van der Waals surface area contributed by atoms with Gasteiger partial charge in [-0.3, -0.25) is 9.59 Å². The lowest BCUT2D eigenvalue weighted by molar-refractivity contribution is -0.136. The number of aromatic amines is 1. The second kappa shape index (κ2) is 7.37. The van der Waals surface area contributed by atoms with Crippen LogP contribution in [0.3, 0.4) is 0 Å². The summed E-state index contributed by atoms with van der Waals surface area (Å²) in [5, 5.41) is 8.65. The van der Waals surface area contributed by atoms with Crippen LogP contribution >= 0.6 is 0 Å². The van der Waals surface area contributed by atoms with Gasteiger partial charge in [0.05, 0.1) is 6.61 Å². The number of hydrogen-bond donors (Lipinski definition) is 2. The second-order valence-electron chi connectivity index (χ2n) is 4.71. The van der Waals surface area contributed by atoms with Crippen molar-refractivity contribution in [3.05, 3.63) is 68.5 Å². The van der Waals surface area contributed by atoms with Gasteiger partial charge in [0.2, 0.25) is 0 Å². The van der Waals surface area contributed by atoms with Gasteiger partial charge in [0, 0.05) is 18.2 Å². The number of hydrogen-bond acceptors (Lipinski definition) is 4. The van der Waals surface area contributed by atoms with Crippen LogP contribution in [0.15, 0.2) is 46.1 Å². The summed E-state index contributed by atoms with van der Waals surface area (Å²) in [5.41, 5.74) is 0.0505. The van der Waals surface area contributed by atoms with Gasteiger partial charge in [0.1, 0.15) is 6.73 Å². The monoisotopic (exact) mass is 304 g/mol. The molecule has 1 aromatic heterocycles. The second-order valence-corrected chi connectivity index (χ2v) is 4.71. The van der Waals surface area contributed by atoms with E-state index < -0.39 is 17.2 Å². The van der Waals surface area contributed by atoms with Crippen molar-refractivity contribution in [2.45, 2.75) is 26.2 Å². The van der Waals surface area contributed by atoms with Crippen molar-refractivity contribution in [1.82, 2.24) is 9.55 Å². The molecule has 0 radical (unpaired) electrons. The molecule has 0 fully saturated rings. The molecule has 0 saturated carbocycles. The molecular formula is C15H16N2O5. The average molecular weight is 304 g/mol. The zero-order chi connectivity index (χ0) is 15.9. The van der Waals surface area contributed by atoms with E-state index in [-0.39, 0.29) is 31.7 Å². The molecule has 116 valence electrons. The minimum Gasteiger partial charge on any atom is -0.481 e. The van der Waals surface area contributed by atoms with Gasteiger partial charge in [-0.05, 0) is 12.0 Å². The van der Waals surface area contributed by atoms with Crippen molar-refractivity contribution in [3.63, 3.8) is 0 Å². The number of nitrogens with zero attached hydrogens (tertiary/aromatic N) is 1. The third-order valence-corrected chi connectivity index (χ3v) is 3.08. The quantitative estimate of drug-likeness (QED) is 0.785. The Kier molecular flexibility index (Phi) is 5.26. The summed E-state index contributed by atoms with van der Waals surface area (Å²) in [4.78, 5) is 36.8. The van der Waals surface area contributed by atoms with E-state index in [1.54, 1.807) is 0 Å². The van der Waals surface area contributed by atoms with Crippen LogP contribution in [0.2, 0.25) is 0 Å². The van der Waals surface area contributed by atoms with E-state index in [0.29, 0.717) is 0 Å². The number of aromatic nitrogens is 2. The Morgan fingerprint density at radius 2 is 1.95 bits per heavy atom. The summed E-state index contributed by atoms with van der Waals surface area (Å²) >= 11 is 0. The van der Waals surface area contributed by atoms with Gasteiger partial charge in [-0.15, -0.1) is 0 Å². The number of carboxylic acids is 1. The zero-order valence-corrected chi connectivity index (χ0v) is 11.8. The standard InChI is InChI=1S/C15H16N2O5/c18-13(19)7-6-12-8-16-15(21)17(14(12)20)10-22-9-11-4-2-1-3-5-11/h1-5,8H,6-7,9-10H2,(H,16,21)(H,18,19). The summed E-state index contributed by atoms with van der Waals surface area (Å²) in [5.74, 6) is -1.00. The van der Waals surface area contributed by atoms with Gasteiger partial charge >= 0.3 is 11.7 Å². The topological polar surface area (TPSA) is 101 Å². The van der Waals surface area contributed by atoms with E-state index in [1.807, 2.05) is 30.3 Å². The molecule has 7 heteroatoms. The molecular weight excluding hydrogens is 288 g/mol. The predicted molar refractivity (Wildman–Crippen MR) is 78.5 cm³/mol. The normalized spacial score (nSPS) is 10.5. The molecule has 0 saturated heterocycles. The molecule has 0 aliphatic rings. The average Bonchev–Trinajstić information content (AvgIpc) is 2.50. The minimum absolute atomic E-state index is 0.0592. The van der Waals surface area contributed by atoms with E-state index in [4.69, 9.17) is 9.84 Å². The van der Waals surface area contributed by atoms with Crippen molar-refractivity contribution >= 4 is 5.97 Å². The molecule has 0 unspecified atom stereocenters. The van der Waals surface area contributed by atoms with Crippen molar-refractivity contribution in [1.29, 1.82) is 0 Å². The largest absolute Gasteiger partial charge is 0.481 e. The summed E-state index contributed by atoms with van der Waals surface area (Å²) in [6.07, 6.45) is 1.14. The van der Waals surface area contributed by atoms with Crippen LogP contribution < -0.4 is 11.2 Å². The van der Waals surface area contributed by atoms with Gasteiger partial charge in [-0.1, -0.05) is 30.3 Å². The summed E-state index contributed by atoms with van der Waals surface area (Å²) in [7, 11) is 0. The first kappa shape index (κ1) is 15.7. The molecule has 0 amide bonds. The lowest BCUT2D eigenvalue weighted by Crippen LogP contribution is -2.37. The van der Waals surface area contributed by atoms with Crippen LogP contribution in [0.4, 0.5) is 0 Å². The Labute approximate surface area is 125 Å². The Balaban J connectivity index is 2.06. The molecule has 0 aliphatic carbocycles. The smallest absolute Gasteiger partial charge is 0.330 e. The van der Waals surface area contributed by atoms with Gasteiger partial charge in [-0.25, -0.2) is 9.36 Å². The molecule has 0 aliphatic heterocycles. The van der Waals surface area contributed by atoms with Crippen LogP contribution in [0.5, 0.6) is 0 Å². The number of carboxylic acid groups (broad SMARTS) is 1. The minimum atomic E-state index is -1.00. The fourth-order valence-corrected chi connectivity index (χ4v) is 1.92. The Bertz CT molecular complexity index is 749. The number of aryl methyl sites for hydroxylation is 1. The van der Waals surface area contributed by atoms with Gasteiger partial charge < -0.3 is 14.8 Å². The molecule has 2 rings (SSSR count). The van der Waals surface area contributed by atoms with Gasteiger partial charge in [0.15, 0.2) is 0 Å². The van der Waals surface area contributed by atoms with Crippen molar-refractivity contribution in [2.75, 3.05) is 0 Å². The number of nitrogens with one attached hydrogen (secondary N) is 1. The molecule has 22 heavy (non-hydrogen) atoms. The maximum Gasteiger partial charge on any atom is 0.330 e. The lowest BCUT2D eigenvalue weighted by atomic mass is 10.2. The summed E-state index contributed by atoms with van der Waals surface area (Å²) in [6, 6.07) is 9.35. The van der Waals surface area contributed by atoms with Crippen molar-refractivity contribution in [3.8, 4) is 0 Å². The third kappa shape index (κ3) is 4.16. The molecule has 1 aromatic carbocycles. The molecule has 0 spiro atoms. The van der Waals surface area contributed by atoms with Crippen molar-refractivity contribution < 1.29 is 14.6 Å². The lowest BCUT2D eigenvalue weighted by Gasteiger charge is -2.08. The van der Waals surface area contributed by atoms with Crippen LogP contribution in [-0.2, 0) is 29.3 Å². The fourth-order valence-electron chi connectivity index (χ4n) is 1.92. The van der Waals surface area contributed by atoms with Crippen LogP contribution in [-0.4, -0.2) is 20.6 Å². The maximum atomic E-state index is 12.1. The summed E-state index contributed by atoms with van der Waals surface area (Å²) < 4.78 is 6.29. The highest BCUT2D eigenvalue weighted by molar-refractivity contribution is 5.67. The van der Waals surface area contributed by atoms with Gasteiger partial charge in [-0.2, -0.15) is 0 Å². The van der Waals surface area contributed by atoms with E-state index in [2.05, 4.69) is 4.98 Å². The Hall–Kier alpha value is -2.67. The van der Waals surface area contributed by atoms with Crippen molar-refractivity contribution in [2.24, 2.45) is 0 Å². The molecule has 2 N–H and O–H groups in total. The van der Waals surface area contributed by atoms with E-state index in [1.165, 1.54) is 6.20 Å². The third-order valence-electron chi connectivity index (χ3n) is 3.08. The summed E-state index contributed by atoms with van der Waals surface area (Å²) in [6.45, 7) is 0.0794. The van der Waals surface area contributed by atoms with E-state index in [0.717, 1.165) is 10.1 Å². The van der Waals surface area contributed by atoms with Gasteiger partial charge in [0.25, 0.3) is 5.56 Å². The first-order valence-corrected chi connectivity index (χ1v) is 6.73. The molecule has 2 aromatic rings. The first-order valence-electron chi connectivity index (χ1n) is 6.73. The van der Waals surface area contributed by atoms with E-state index in [9.17, 15) is 14.4 Å². The fraction of sp³-hybridized carbons (Fsp3) is 0.267. The maximum absolute atomic E-state index is 12.1. The number of rotatable bonds is 7. The molecule has 7 nitrogen and oxygen atoms in total. The zero-order valence-electron chi connectivity index (χ0n) is 11.8. The van der Waals surface area contributed by atoms with Crippen LogP contribution in [0.25, 0.3) is 0 Å². The highest BCUT2D eigenvalue weighted by atomic mass is 16.5. The molecule has 0 atom stereocenters. The SMILES string of the molecule is O=C(O)CCc1c[nH]c(=O)n(COCc2ccccc2)c1=O. The number of H-pyrrole nitrogens is 1. The van der Waals surface area contributed by atoms with E-state index >= 15 is 0 Å². The number of benzene rings is 1. The van der Waals surface area contributed by atoms with Crippen LogP contribution in [0.1, 0.15) is 17.5 Å².